The summed E-state index contributed by atoms with van der Waals surface area (Å²) in [5.41, 5.74) is 1.13. The smallest absolute Gasteiger partial charge is 0.254 e. The van der Waals surface area contributed by atoms with Crippen LogP contribution in [0, 0.1) is 0 Å². The molecular formula is C15H21N3O3. The minimum Gasteiger partial charge on any atom is -0.366 e. The molecule has 1 saturated heterocycles. The predicted molar refractivity (Wildman–Crippen MR) is 80.3 cm³/mol. The van der Waals surface area contributed by atoms with Crippen molar-refractivity contribution in [2.75, 3.05) is 31.6 Å². The Hall–Kier alpha value is -1.92. The molecule has 6 heteroatoms. The molecule has 1 fully saturated rings. The first-order valence-electron chi connectivity index (χ1n) is 7.22. The fourth-order valence-electron chi connectivity index (χ4n) is 2.04. The number of amides is 2. The molecule has 0 aromatic heterocycles. The Bertz CT molecular complexity index is 499. The van der Waals surface area contributed by atoms with Gasteiger partial charge in [0.2, 0.25) is 0 Å². The zero-order valence-electron chi connectivity index (χ0n) is 12.1. The molecule has 0 radical (unpaired) electrons. The lowest BCUT2D eigenvalue weighted by atomic mass is 10.1. The van der Waals surface area contributed by atoms with Crippen molar-refractivity contribution in [2.24, 2.45) is 0 Å². The van der Waals surface area contributed by atoms with Crippen LogP contribution in [-0.2, 0) is 9.53 Å². The van der Waals surface area contributed by atoms with E-state index in [9.17, 15) is 9.59 Å². The van der Waals surface area contributed by atoms with Crippen molar-refractivity contribution in [1.82, 2.24) is 10.6 Å². The van der Waals surface area contributed by atoms with Crippen LogP contribution < -0.4 is 16.0 Å². The highest BCUT2D eigenvalue weighted by Crippen LogP contribution is 2.12. The average Bonchev–Trinajstić information content (AvgIpc) is 2.53. The van der Waals surface area contributed by atoms with Crippen molar-refractivity contribution in [1.29, 1.82) is 0 Å². The molecule has 1 aliphatic heterocycles. The number of hydrogen-bond donors (Lipinski definition) is 3. The second kappa shape index (κ2) is 7.75. The Morgan fingerprint density at radius 3 is 3.00 bits per heavy atom. The van der Waals surface area contributed by atoms with Gasteiger partial charge >= 0.3 is 0 Å². The zero-order chi connectivity index (χ0) is 15.1. The van der Waals surface area contributed by atoms with E-state index in [1.54, 1.807) is 24.3 Å². The van der Waals surface area contributed by atoms with Crippen LogP contribution in [0.4, 0.5) is 5.69 Å². The molecule has 0 saturated carbocycles. The van der Waals surface area contributed by atoms with Gasteiger partial charge in [-0.25, -0.2) is 0 Å². The van der Waals surface area contributed by atoms with Gasteiger partial charge in [0.15, 0.2) is 0 Å². The number of anilines is 1. The summed E-state index contributed by atoms with van der Waals surface area (Å²) < 4.78 is 5.39. The molecule has 0 aliphatic carbocycles. The van der Waals surface area contributed by atoms with Crippen LogP contribution in [-0.4, -0.2) is 44.2 Å². The molecule has 0 spiro atoms. The first kappa shape index (κ1) is 15.5. The Kier molecular flexibility index (Phi) is 5.71. The number of ether oxygens (including phenoxy) is 1. The number of benzene rings is 1. The lowest BCUT2D eigenvalue weighted by molar-refractivity contribution is -0.128. The molecule has 1 heterocycles. The molecule has 1 atom stereocenters. The molecule has 21 heavy (non-hydrogen) atoms. The molecule has 6 nitrogen and oxygen atoms in total. The molecule has 2 rings (SSSR count). The summed E-state index contributed by atoms with van der Waals surface area (Å²) in [4.78, 5) is 23.9. The second-order valence-corrected chi connectivity index (χ2v) is 4.89. The molecule has 1 aromatic carbocycles. The second-order valence-electron chi connectivity index (χ2n) is 4.89. The van der Waals surface area contributed by atoms with Crippen molar-refractivity contribution in [3.8, 4) is 0 Å². The van der Waals surface area contributed by atoms with E-state index in [1.807, 2.05) is 6.92 Å². The van der Waals surface area contributed by atoms with Crippen molar-refractivity contribution >= 4 is 17.5 Å². The minimum absolute atomic E-state index is 0.136. The van der Waals surface area contributed by atoms with Crippen molar-refractivity contribution in [2.45, 2.75) is 19.4 Å². The van der Waals surface area contributed by atoms with Crippen molar-refractivity contribution in [3.63, 3.8) is 0 Å². The van der Waals surface area contributed by atoms with Gasteiger partial charge in [-0.05, 0) is 24.6 Å². The Morgan fingerprint density at radius 1 is 1.43 bits per heavy atom. The normalized spacial score (nSPS) is 18.0. The third kappa shape index (κ3) is 4.54. The average molecular weight is 291 g/mol. The van der Waals surface area contributed by atoms with Gasteiger partial charge < -0.3 is 20.7 Å². The summed E-state index contributed by atoms with van der Waals surface area (Å²) in [5, 5.41) is 8.69. The van der Waals surface area contributed by atoms with Gasteiger partial charge in [0.25, 0.3) is 11.8 Å². The van der Waals surface area contributed by atoms with Crippen molar-refractivity contribution < 1.29 is 14.3 Å². The van der Waals surface area contributed by atoms with Crippen LogP contribution >= 0.6 is 0 Å². The van der Waals surface area contributed by atoms with E-state index >= 15 is 0 Å². The number of rotatable bonds is 5. The van der Waals surface area contributed by atoms with E-state index in [4.69, 9.17) is 4.74 Å². The topological polar surface area (TPSA) is 79.5 Å². The highest BCUT2D eigenvalue weighted by molar-refractivity contribution is 5.98. The van der Waals surface area contributed by atoms with Gasteiger partial charge in [-0.15, -0.1) is 0 Å². The van der Waals surface area contributed by atoms with Gasteiger partial charge in [-0.1, -0.05) is 13.0 Å². The Morgan fingerprint density at radius 2 is 2.29 bits per heavy atom. The Balaban J connectivity index is 1.96. The Labute approximate surface area is 124 Å². The standard InChI is InChI=1S/C15H21N3O3/c1-2-6-17-14(19)11-4-3-5-12(9-11)18-15(20)13-10-16-7-8-21-13/h3-5,9,13,16H,2,6-8,10H2,1H3,(H,17,19)(H,18,20). The quantitative estimate of drug-likeness (QED) is 0.748. The maximum Gasteiger partial charge on any atom is 0.254 e. The lowest BCUT2D eigenvalue weighted by Crippen LogP contribution is -2.45. The van der Waals surface area contributed by atoms with Gasteiger partial charge in [0.1, 0.15) is 6.10 Å². The number of carbonyl (C=O) groups is 2. The fourth-order valence-corrected chi connectivity index (χ4v) is 2.04. The number of nitrogens with one attached hydrogen (secondary N) is 3. The monoisotopic (exact) mass is 291 g/mol. The van der Waals surface area contributed by atoms with Crippen LogP contribution in [0.2, 0.25) is 0 Å². The molecule has 2 amide bonds. The van der Waals surface area contributed by atoms with E-state index in [0.717, 1.165) is 13.0 Å². The number of carbonyl (C=O) groups excluding carboxylic acids is 2. The van der Waals surface area contributed by atoms with E-state index in [2.05, 4.69) is 16.0 Å². The number of morpholine rings is 1. The SMILES string of the molecule is CCCNC(=O)c1cccc(NC(=O)C2CNCCO2)c1. The maximum absolute atomic E-state index is 12.0. The summed E-state index contributed by atoms with van der Waals surface area (Å²) in [6.07, 6.45) is 0.394. The predicted octanol–water partition coefficient (Wildman–Crippen LogP) is 0.753. The molecule has 1 aromatic rings. The van der Waals surface area contributed by atoms with Crippen LogP contribution in [0.1, 0.15) is 23.7 Å². The summed E-state index contributed by atoms with van der Waals surface area (Å²) in [7, 11) is 0. The van der Waals surface area contributed by atoms with Crippen LogP contribution in [0.3, 0.4) is 0 Å². The summed E-state index contributed by atoms with van der Waals surface area (Å²) in [5.74, 6) is -0.336. The van der Waals surface area contributed by atoms with Gasteiger partial charge in [-0.2, -0.15) is 0 Å². The first-order chi connectivity index (χ1) is 10.2. The summed E-state index contributed by atoms with van der Waals surface area (Å²) in [6, 6.07) is 6.89. The molecule has 1 unspecified atom stereocenters. The summed E-state index contributed by atoms with van der Waals surface area (Å²) >= 11 is 0. The zero-order valence-corrected chi connectivity index (χ0v) is 12.1. The molecule has 1 aliphatic rings. The molecule has 114 valence electrons. The van der Waals surface area contributed by atoms with Crippen LogP contribution in [0.15, 0.2) is 24.3 Å². The summed E-state index contributed by atoms with van der Waals surface area (Å²) in [6.45, 7) is 4.42. The maximum atomic E-state index is 12.0. The third-order valence-electron chi connectivity index (χ3n) is 3.15. The van der Waals surface area contributed by atoms with E-state index in [-0.39, 0.29) is 11.8 Å². The van der Waals surface area contributed by atoms with Gasteiger partial charge in [0, 0.05) is 30.9 Å². The van der Waals surface area contributed by atoms with Crippen LogP contribution in [0.25, 0.3) is 0 Å². The lowest BCUT2D eigenvalue weighted by Gasteiger charge is -2.22. The van der Waals surface area contributed by atoms with E-state index in [1.165, 1.54) is 0 Å². The van der Waals surface area contributed by atoms with Gasteiger partial charge in [-0.3, -0.25) is 9.59 Å². The minimum atomic E-state index is -0.490. The van der Waals surface area contributed by atoms with E-state index < -0.39 is 6.10 Å². The van der Waals surface area contributed by atoms with E-state index in [0.29, 0.717) is 30.9 Å². The van der Waals surface area contributed by atoms with Crippen molar-refractivity contribution in [3.05, 3.63) is 29.8 Å². The fraction of sp³-hybridized carbons (Fsp3) is 0.467. The van der Waals surface area contributed by atoms with Gasteiger partial charge in [0.05, 0.1) is 6.61 Å². The highest BCUT2D eigenvalue weighted by atomic mass is 16.5. The largest absolute Gasteiger partial charge is 0.366 e. The third-order valence-corrected chi connectivity index (χ3v) is 3.15. The first-order valence-corrected chi connectivity index (χ1v) is 7.22. The molecule has 3 N–H and O–H groups in total. The van der Waals surface area contributed by atoms with Crippen LogP contribution in [0.5, 0.6) is 0 Å². The molecular weight excluding hydrogens is 270 g/mol. The molecule has 0 bridgehead atoms. The highest BCUT2D eigenvalue weighted by Gasteiger charge is 2.21. The number of hydrogen-bond acceptors (Lipinski definition) is 4.